The molecule has 0 spiro atoms. The van der Waals surface area contributed by atoms with E-state index in [4.69, 9.17) is 0 Å². The number of nitrogens with zero attached hydrogens (tertiary/aromatic N) is 1. The van der Waals surface area contributed by atoms with Gasteiger partial charge in [-0.25, -0.2) is 4.98 Å². The first-order valence-corrected chi connectivity index (χ1v) is 4.29. The highest BCUT2D eigenvalue weighted by Gasteiger charge is 2.05. The maximum Gasteiger partial charge on any atom is 0.287 e. The first-order chi connectivity index (χ1) is 6.84. The van der Waals surface area contributed by atoms with Crippen molar-refractivity contribution in [1.29, 1.82) is 0 Å². The molecule has 2 amide bonds. The Hall–Kier alpha value is -1.85. The van der Waals surface area contributed by atoms with Crippen molar-refractivity contribution in [2.24, 2.45) is 0 Å². The van der Waals surface area contributed by atoms with Gasteiger partial charge in [0.05, 0.1) is 0 Å². The molecule has 0 saturated heterocycles. The van der Waals surface area contributed by atoms with Crippen LogP contribution in [0, 0.1) is 0 Å². The van der Waals surface area contributed by atoms with E-state index in [1.54, 1.807) is 6.20 Å². The molecule has 1 rings (SSSR count). The maximum absolute atomic E-state index is 11.2. The molecule has 0 aliphatic heterocycles. The van der Waals surface area contributed by atoms with Gasteiger partial charge in [-0.15, -0.1) is 0 Å². The smallest absolute Gasteiger partial charge is 0.287 e. The minimum atomic E-state index is -0.235. The molecule has 0 atom stereocenters. The molecule has 0 aromatic carbocycles. The fourth-order valence-electron chi connectivity index (χ4n) is 0.924. The van der Waals surface area contributed by atoms with Crippen LogP contribution in [0.2, 0.25) is 0 Å². The number of aromatic amines is 1. The normalized spacial score (nSPS) is 9.43. The third kappa shape index (κ3) is 3.26. The van der Waals surface area contributed by atoms with Crippen LogP contribution in [0.1, 0.15) is 17.0 Å². The predicted molar refractivity (Wildman–Crippen MR) is 49.6 cm³/mol. The van der Waals surface area contributed by atoms with Crippen LogP contribution in [0.5, 0.6) is 0 Å². The second-order valence-electron chi connectivity index (χ2n) is 2.62. The van der Waals surface area contributed by atoms with Gasteiger partial charge in [0.1, 0.15) is 0 Å². The van der Waals surface area contributed by atoms with Crippen LogP contribution in [0.25, 0.3) is 0 Å². The topological polar surface area (TPSA) is 86.9 Å². The number of imidazole rings is 1. The molecular weight excluding hydrogens is 184 g/mol. The van der Waals surface area contributed by atoms with E-state index in [0.717, 1.165) is 0 Å². The van der Waals surface area contributed by atoms with E-state index < -0.39 is 0 Å². The third-order valence-corrected chi connectivity index (χ3v) is 1.58. The lowest BCUT2D eigenvalue weighted by Gasteiger charge is -2.01. The number of hydrogen-bond acceptors (Lipinski definition) is 3. The number of carbonyl (C=O) groups excluding carboxylic acids is 2. The van der Waals surface area contributed by atoms with Gasteiger partial charge in [-0.1, -0.05) is 0 Å². The molecule has 0 aliphatic carbocycles. The lowest BCUT2D eigenvalue weighted by Crippen LogP contribution is -2.27. The van der Waals surface area contributed by atoms with Crippen molar-refractivity contribution >= 4 is 12.3 Å². The summed E-state index contributed by atoms with van der Waals surface area (Å²) in [6.07, 6.45) is 4.44. The average molecular weight is 196 g/mol. The van der Waals surface area contributed by atoms with Crippen LogP contribution in [-0.4, -0.2) is 35.4 Å². The molecule has 6 heteroatoms. The van der Waals surface area contributed by atoms with Crippen molar-refractivity contribution in [1.82, 2.24) is 20.6 Å². The molecule has 0 radical (unpaired) electrons. The fraction of sp³-hybridized carbons (Fsp3) is 0.375. The molecule has 1 aromatic rings. The quantitative estimate of drug-likeness (QED) is 0.414. The zero-order valence-electron chi connectivity index (χ0n) is 7.62. The van der Waals surface area contributed by atoms with Crippen LogP contribution in [0.4, 0.5) is 0 Å². The summed E-state index contributed by atoms with van der Waals surface area (Å²) in [5.74, 6) is 0.0643. The molecule has 0 bridgehead atoms. The van der Waals surface area contributed by atoms with Crippen molar-refractivity contribution in [2.45, 2.75) is 6.42 Å². The van der Waals surface area contributed by atoms with Gasteiger partial charge in [-0.05, 0) is 6.42 Å². The molecule has 6 nitrogen and oxygen atoms in total. The van der Waals surface area contributed by atoms with Crippen LogP contribution >= 0.6 is 0 Å². The summed E-state index contributed by atoms with van der Waals surface area (Å²) >= 11 is 0. The number of aromatic nitrogens is 2. The van der Waals surface area contributed by atoms with Gasteiger partial charge in [-0.3, -0.25) is 9.59 Å². The van der Waals surface area contributed by atoms with E-state index >= 15 is 0 Å². The largest absolute Gasteiger partial charge is 0.359 e. The van der Waals surface area contributed by atoms with Gasteiger partial charge in [0.2, 0.25) is 6.41 Å². The molecule has 76 valence electrons. The van der Waals surface area contributed by atoms with Crippen molar-refractivity contribution in [2.75, 3.05) is 13.1 Å². The zero-order valence-corrected chi connectivity index (χ0v) is 7.62. The van der Waals surface area contributed by atoms with E-state index in [1.165, 1.54) is 6.20 Å². The van der Waals surface area contributed by atoms with Crippen LogP contribution < -0.4 is 10.6 Å². The van der Waals surface area contributed by atoms with Crippen molar-refractivity contribution in [3.05, 3.63) is 18.2 Å². The maximum atomic E-state index is 11.2. The average Bonchev–Trinajstić information content (AvgIpc) is 2.70. The van der Waals surface area contributed by atoms with Crippen LogP contribution in [0.15, 0.2) is 12.4 Å². The number of hydrogen-bond donors (Lipinski definition) is 3. The highest BCUT2D eigenvalue weighted by Crippen LogP contribution is 1.87. The van der Waals surface area contributed by atoms with E-state index in [1.807, 2.05) is 0 Å². The molecular formula is C8H12N4O2. The summed E-state index contributed by atoms with van der Waals surface area (Å²) in [6.45, 7) is 1.07. The Morgan fingerprint density at radius 3 is 3.07 bits per heavy atom. The lowest BCUT2D eigenvalue weighted by atomic mass is 10.4. The summed E-state index contributed by atoms with van der Waals surface area (Å²) in [5.41, 5.74) is 0. The Morgan fingerprint density at radius 2 is 2.43 bits per heavy atom. The van der Waals surface area contributed by atoms with Crippen molar-refractivity contribution in [3.8, 4) is 0 Å². The van der Waals surface area contributed by atoms with Gasteiger partial charge >= 0.3 is 0 Å². The van der Waals surface area contributed by atoms with Crippen LogP contribution in [0.3, 0.4) is 0 Å². The van der Waals surface area contributed by atoms with Gasteiger partial charge in [0.15, 0.2) is 5.82 Å². The predicted octanol–water partition coefficient (Wildman–Crippen LogP) is -0.724. The number of nitrogens with one attached hydrogen (secondary N) is 3. The second kappa shape index (κ2) is 5.74. The summed E-state index contributed by atoms with van der Waals surface area (Å²) in [7, 11) is 0. The summed E-state index contributed by atoms with van der Waals surface area (Å²) < 4.78 is 0. The highest BCUT2D eigenvalue weighted by atomic mass is 16.2. The molecule has 0 aliphatic rings. The molecule has 0 fully saturated rings. The SMILES string of the molecule is O=CNCCCNC(=O)c1ncc[nH]1. The first-order valence-electron chi connectivity index (χ1n) is 4.29. The number of rotatable bonds is 6. The molecule has 1 aromatic heterocycles. The van der Waals surface area contributed by atoms with E-state index in [0.29, 0.717) is 31.7 Å². The van der Waals surface area contributed by atoms with E-state index in [-0.39, 0.29) is 5.91 Å². The Morgan fingerprint density at radius 1 is 1.57 bits per heavy atom. The number of H-pyrrole nitrogens is 1. The minimum absolute atomic E-state index is 0.235. The second-order valence-corrected chi connectivity index (χ2v) is 2.62. The van der Waals surface area contributed by atoms with Crippen molar-refractivity contribution in [3.63, 3.8) is 0 Å². The molecule has 0 unspecified atom stereocenters. The van der Waals surface area contributed by atoms with Gasteiger partial charge in [0, 0.05) is 25.5 Å². The first kappa shape index (κ1) is 10.2. The lowest BCUT2D eigenvalue weighted by molar-refractivity contribution is -0.109. The molecule has 1 heterocycles. The Kier molecular flexibility index (Phi) is 4.19. The fourth-order valence-corrected chi connectivity index (χ4v) is 0.924. The minimum Gasteiger partial charge on any atom is -0.359 e. The summed E-state index contributed by atoms with van der Waals surface area (Å²) in [6, 6.07) is 0. The Labute approximate surface area is 81.1 Å². The summed E-state index contributed by atoms with van der Waals surface area (Å²) in [5, 5.41) is 5.16. The van der Waals surface area contributed by atoms with Gasteiger partial charge in [-0.2, -0.15) is 0 Å². The third-order valence-electron chi connectivity index (χ3n) is 1.58. The van der Waals surface area contributed by atoms with Gasteiger partial charge < -0.3 is 15.6 Å². The van der Waals surface area contributed by atoms with Crippen LogP contribution in [-0.2, 0) is 4.79 Å². The molecule has 0 saturated carbocycles. The zero-order chi connectivity index (χ0) is 10.2. The van der Waals surface area contributed by atoms with Crippen molar-refractivity contribution < 1.29 is 9.59 Å². The van der Waals surface area contributed by atoms with E-state index in [9.17, 15) is 9.59 Å². The number of amides is 2. The summed E-state index contributed by atoms with van der Waals surface area (Å²) in [4.78, 5) is 27.6. The monoisotopic (exact) mass is 196 g/mol. The standard InChI is InChI=1S/C8H12N4O2/c13-6-9-2-1-3-12-8(14)7-10-4-5-11-7/h4-6H,1-3H2,(H,9,13)(H,10,11)(H,12,14). The highest BCUT2D eigenvalue weighted by molar-refractivity contribution is 5.90. The molecule has 14 heavy (non-hydrogen) atoms. The number of carbonyl (C=O) groups is 2. The van der Waals surface area contributed by atoms with E-state index in [2.05, 4.69) is 20.6 Å². The molecule has 3 N–H and O–H groups in total. The Bertz CT molecular complexity index is 284. The van der Waals surface area contributed by atoms with Gasteiger partial charge in [0.25, 0.3) is 5.91 Å². The Balaban J connectivity index is 2.13.